The molecule has 2 N–H and O–H groups in total. The highest BCUT2D eigenvalue weighted by molar-refractivity contribution is 5.81. The SMILES string of the molecule is Oc1ccccc1CC1=NC2CNCC2O1. The third-order valence-corrected chi connectivity index (χ3v) is 3.06. The van der Waals surface area contributed by atoms with E-state index in [0.29, 0.717) is 12.2 Å². The molecule has 2 aliphatic heterocycles. The maximum atomic E-state index is 9.65. The normalized spacial score (nSPS) is 27.4. The van der Waals surface area contributed by atoms with Crippen LogP contribution in [0.2, 0.25) is 0 Å². The van der Waals surface area contributed by atoms with Crippen molar-refractivity contribution >= 4 is 5.90 Å². The van der Waals surface area contributed by atoms with E-state index in [4.69, 9.17) is 4.74 Å². The van der Waals surface area contributed by atoms with Crippen molar-refractivity contribution < 1.29 is 9.84 Å². The topological polar surface area (TPSA) is 53.9 Å². The van der Waals surface area contributed by atoms with Gasteiger partial charge in [-0.15, -0.1) is 0 Å². The number of fused-ring (bicyclic) bond motifs is 1. The van der Waals surface area contributed by atoms with E-state index in [1.54, 1.807) is 6.07 Å². The van der Waals surface area contributed by atoms with Crippen LogP contribution in [0.3, 0.4) is 0 Å². The summed E-state index contributed by atoms with van der Waals surface area (Å²) in [6.07, 6.45) is 0.778. The fraction of sp³-hybridized carbons (Fsp3) is 0.417. The van der Waals surface area contributed by atoms with E-state index < -0.39 is 0 Å². The first-order valence-electron chi connectivity index (χ1n) is 5.54. The Morgan fingerprint density at radius 1 is 1.38 bits per heavy atom. The quantitative estimate of drug-likeness (QED) is 0.768. The minimum absolute atomic E-state index is 0.195. The average molecular weight is 218 g/mol. The molecule has 0 saturated carbocycles. The maximum Gasteiger partial charge on any atom is 0.188 e. The van der Waals surface area contributed by atoms with Gasteiger partial charge in [-0.05, 0) is 6.07 Å². The van der Waals surface area contributed by atoms with Gasteiger partial charge in [-0.3, -0.25) is 0 Å². The lowest BCUT2D eigenvalue weighted by atomic mass is 10.1. The molecule has 2 aliphatic rings. The van der Waals surface area contributed by atoms with E-state index in [2.05, 4.69) is 10.3 Å². The highest BCUT2D eigenvalue weighted by Crippen LogP contribution is 2.22. The average Bonchev–Trinajstić information content (AvgIpc) is 2.81. The van der Waals surface area contributed by atoms with Crippen LogP contribution in [0.4, 0.5) is 0 Å². The van der Waals surface area contributed by atoms with Gasteiger partial charge in [-0.1, -0.05) is 18.2 Å². The zero-order chi connectivity index (χ0) is 11.0. The second-order valence-corrected chi connectivity index (χ2v) is 4.21. The molecule has 1 aromatic rings. The molecule has 0 aromatic heterocycles. The Morgan fingerprint density at radius 2 is 2.25 bits per heavy atom. The van der Waals surface area contributed by atoms with E-state index in [0.717, 1.165) is 24.6 Å². The predicted molar refractivity (Wildman–Crippen MR) is 60.8 cm³/mol. The Morgan fingerprint density at radius 3 is 3.06 bits per heavy atom. The first-order chi connectivity index (χ1) is 7.83. The van der Waals surface area contributed by atoms with E-state index in [1.165, 1.54) is 0 Å². The van der Waals surface area contributed by atoms with Crippen LogP contribution in [0.25, 0.3) is 0 Å². The van der Waals surface area contributed by atoms with Gasteiger partial charge < -0.3 is 15.2 Å². The van der Waals surface area contributed by atoms with Crippen LogP contribution >= 0.6 is 0 Å². The van der Waals surface area contributed by atoms with Crippen molar-refractivity contribution in [1.29, 1.82) is 0 Å². The molecule has 1 saturated heterocycles. The van der Waals surface area contributed by atoms with E-state index >= 15 is 0 Å². The molecule has 1 fully saturated rings. The van der Waals surface area contributed by atoms with Gasteiger partial charge in [0.15, 0.2) is 5.90 Å². The van der Waals surface area contributed by atoms with Crippen LogP contribution in [-0.4, -0.2) is 36.2 Å². The lowest BCUT2D eigenvalue weighted by Crippen LogP contribution is -2.20. The van der Waals surface area contributed by atoms with Crippen molar-refractivity contribution in [2.24, 2.45) is 4.99 Å². The minimum atomic E-state index is 0.195. The third-order valence-electron chi connectivity index (χ3n) is 3.06. The number of ether oxygens (including phenoxy) is 1. The molecule has 2 unspecified atom stereocenters. The largest absolute Gasteiger partial charge is 0.508 e. The van der Waals surface area contributed by atoms with E-state index in [-0.39, 0.29) is 12.1 Å². The first kappa shape index (κ1) is 9.66. The van der Waals surface area contributed by atoms with Crippen molar-refractivity contribution in [2.45, 2.75) is 18.6 Å². The minimum Gasteiger partial charge on any atom is -0.508 e. The summed E-state index contributed by atoms with van der Waals surface area (Å²) in [5.74, 6) is 1.06. The molecule has 0 radical (unpaired) electrons. The van der Waals surface area contributed by atoms with Crippen LogP contribution in [0.15, 0.2) is 29.3 Å². The number of para-hydroxylation sites is 1. The summed E-state index contributed by atoms with van der Waals surface area (Å²) in [6.45, 7) is 1.77. The molecule has 2 atom stereocenters. The van der Waals surface area contributed by atoms with Gasteiger partial charge in [0, 0.05) is 18.7 Å². The van der Waals surface area contributed by atoms with Gasteiger partial charge in [-0.2, -0.15) is 0 Å². The smallest absolute Gasteiger partial charge is 0.188 e. The molecule has 1 aromatic carbocycles. The van der Waals surface area contributed by atoms with Crippen molar-refractivity contribution in [1.82, 2.24) is 5.32 Å². The van der Waals surface area contributed by atoms with E-state index in [1.807, 2.05) is 18.2 Å². The monoisotopic (exact) mass is 218 g/mol. The van der Waals surface area contributed by atoms with Gasteiger partial charge in [0.2, 0.25) is 0 Å². The number of aromatic hydroxyl groups is 1. The number of aliphatic imine (C=N–C) groups is 1. The summed E-state index contributed by atoms with van der Waals surface area (Å²) < 4.78 is 5.72. The van der Waals surface area contributed by atoms with Crippen molar-refractivity contribution in [3.63, 3.8) is 0 Å². The number of phenolic OH excluding ortho intramolecular Hbond substituents is 1. The summed E-state index contributed by atoms with van der Waals surface area (Å²) in [7, 11) is 0. The number of phenols is 1. The molecule has 4 nitrogen and oxygen atoms in total. The fourth-order valence-corrected chi connectivity index (χ4v) is 2.19. The summed E-state index contributed by atoms with van der Waals surface area (Å²) in [5, 5.41) is 12.9. The Bertz CT molecular complexity index is 431. The number of nitrogens with one attached hydrogen (secondary N) is 1. The van der Waals surface area contributed by atoms with Crippen LogP contribution in [0, 0.1) is 0 Å². The lowest BCUT2D eigenvalue weighted by molar-refractivity contribution is 0.220. The molecule has 0 bridgehead atoms. The second kappa shape index (κ2) is 3.79. The van der Waals surface area contributed by atoms with Crippen LogP contribution in [0.5, 0.6) is 5.75 Å². The standard InChI is InChI=1S/C12H14N2O2/c15-10-4-2-1-3-8(10)5-12-14-9-6-13-7-11(9)16-12/h1-4,9,11,13,15H,5-7H2. The third kappa shape index (κ3) is 1.65. The zero-order valence-corrected chi connectivity index (χ0v) is 8.89. The van der Waals surface area contributed by atoms with Crippen molar-refractivity contribution in [3.8, 4) is 5.75 Å². The summed E-state index contributed by atoms with van der Waals surface area (Å²) in [6, 6.07) is 7.57. The highest BCUT2D eigenvalue weighted by atomic mass is 16.5. The van der Waals surface area contributed by atoms with Crippen molar-refractivity contribution in [2.75, 3.05) is 13.1 Å². The summed E-state index contributed by atoms with van der Waals surface area (Å²) >= 11 is 0. The van der Waals surface area contributed by atoms with Crippen LogP contribution in [0.1, 0.15) is 5.56 Å². The molecule has 0 aliphatic carbocycles. The lowest BCUT2D eigenvalue weighted by Gasteiger charge is -2.08. The number of hydrogen-bond acceptors (Lipinski definition) is 4. The fourth-order valence-electron chi connectivity index (χ4n) is 2.19. The number of rotatable bonds is 2. The number of hydrogen-bond donors (Lipinski definition) is 2. The Kier molecular flexibility index (Phi) is 2.29. The maximum absolute atomic E-state index is 9.65. The van der Waals surface area contributed by atoms with Gasteiger partial charge >= 0.3 is 0 Å². The van der Waals surface area contributed by atoms with E-state index in [9.17, 15) is 5.11 Å². The Balaban J connectivity index is 1.75. The van der Waals surface area contributed by atoms with Gasteiger partial charge in [0.1, 0.15) is 17.9 Å². The summed E-state index contributed by atoms with van der Waals surface area (Å²) in [5.41, 5.74) is 0.870. The van der Waals surface area contributed by atoms with Crippen LogP contribution < -0.4 is 5.32 Å². The molecule has 4 heteroatoms. The first-order valence-corrected chi connectivity index (χ1v) is 5.54. The van der Waals surface area contributed by atoms with Gasteiger partial charge in [0.25, 0.3) is 0 Å². The summed E-state index contributed by atoms with van der Waals surface area (Å²) in [4.78, 5) is 4.51. The molecule has 0 spiro atoms. The Labute approximate surface area is 94.0 Å². The van der Waals surface area contributed by atoms with Crippen molar-refractivity contribution in [3.05, 3.63) is 29.8 Å². The molecule has 2 heterocycles. The highest BCUT2D eigenvalue weighted by Gasteiger charge is 2.34. The second-order valence-electron chi connectivity index (χ2n) is 4.21. The molecule has 16 heavy (non-hydrogen) atoms. The van der Waals surface area contributed by atoms with Gasteiger partial charge in [-0.25, -0.2) is 4.99 Å². The van der Waals surface area contributed by atoms with Gasteiger partial charge in [0.05, 0.1) is 6.42 Å². The molecule has 84 valence electrons. The Hall–Kier alpha value is -1.55. The predicted octanol–water partition coefficient (Wildman–Crippen LogP) is 0.704. The molecular formula is C12H14N2O2. The van der Waals surface area contributed by atoms with Crippen LogP contribution in [-0.2, 0) is 11.2 Å². The molecule has 0 amide bonds. The zero-order valence-electron chi connectivity index (χ0n) is 8.89. The molecule has 3 rings (SSSR count). The molecular weight excluding hydrogens is 204 g/mol. The number of nitrogens with zero attached hydrogens (tertiary/aromatic N) is 1. The number of benzene rings is 1.